The molecule has 3 rings (SSSR count). The smallest absolute Gasteiger partial charge is 0.270 e. The molecule has 2 fully saturated rings. The minimum absolute atomic E-state index is 0.180. The van der Waals surface area contributed by atoms with Gasteiger partial charge < -0.3 is 9.47 Å². The highest BCUT2D eigenvalue weighted by Crippen LogP contribution is 2.38. The van der Waals surface area contributed by atoms with Crippen molar-refractivity contribution in [2.24, 2.45) is 0 Å². The molecule has 2 aliphatic carbocycles. The molecule has 0 atom stereocenters. The third-order valence-electron chi connectivity index (χ3n) is 4.17. The van der Waals surface area contributed by atoms with Gasteiger partial charge in [0.15, 0.2) is 0 Å². The molecule has 1 heterocycles. The van der Waals surface area contributed by atoms with Gasteiger partial charge in [-0.1, -0.05) is 12.8 Å². The van der Waals surface area contributed by atoms with Gasteiger partial charge in [-0.3, -0.25) is 4.79 Å². The second-order valence-corrected chi connectivity index (χ2v) is 6.45. The quantitative estimate of drug-likeness (QED) is 0.837. The van der Waals surface area contributed by atoms with Crippen molar-refractivity contribution < 1.29 is 4.79 Å². The fourth-order valence-corrected chi connectivity index (χ4v) is 3.35. The van der Waals surface area contributed by atoms with Crippen molar-refractivity contribution in [3.05, 3.63) is 22.4 Å². The summed E-state index contributed by atoms with van der Waals surface area (Å²) in [5, 5.41) is 0. The van der Waals surface area contributed by atoms with E-state index in [9.17, 15) is 4.79 Å². The number of halogens is 1. The van der Waals surface area contributed by atoms with Crippen LogP contribution in [0.3, 0.4) is 0 Å². The van der Waals surface area contributed by atoms with Crippen molar-refractivity contribution >= 4 is 21.8 Å². The first-order valence-electron chi connectivity index (χ1n) is 6.81. The van der Waals surface area contributed by atoms with Crippen LogP contribution in [0.4, 0.5) is 0 Å². The molecule has 0 unspecified atom stereocenters. The maximum absolute atomic E-state index is 12.6. The third kappa shape index (κ3) is 2.22. The van der Waals surface area contributed by atoms with Crippen LogP contribution in [0.25, 0.3) is 0 Å². The molecule has 2 aliphatic rings. The maximum atomic E-state index is 12.6. The molecule has 0 spiro atoms. The van der Waals surface area contributed by atoms with Gasteiger partial charge in [0.05, 0.1) is 0 Å². The number of aromatic nitrogens is 1. The van der Waals surface area contributed by atoms with Crippen LogP contribution in [0.2, 0.25) is 0 Å². The molecule has 0 saturated heterocycles. The van der Waals surface area contributed by atoms with Gasteiger partial charge in [-0.25, -0.2) is 0 Å². The molecule has 2 saturated carbocycles. The second-order valence-electron chi connectivity index (χ2n) is 5.54. The molecule has 3 nitrogen and oxygen atoms in total. The van der Waals surface area contributed by atoms with Crippen LogP contribution in [0, 0.1) is 0 Å². The molecule has 0 N–H and O–H groups in total. The van der Waals surface area contributed by atoms with Crippen molar-refractivity contribution in [1.29, 1.82) is 0 Å². The summed E-state index contributed by atoms with van der Waals surface area (Å²) in [5.41, 5.74) is 0.846. The summed E-state index contributed by atoms with van der Waals surface area (Å²) in [6, 6.07) is 2.96. The van der Waals surface area contributed by atoms with E-state index in [0.29, 0.717) is 12.1 Å². The highest BCUT2D eigenvalue weighted by Gasteiger charge is 2.31. The van der Waals surface area contributed by atoms with Gasteiger partial charge in [-0.15, -0.1) is 0 Å². The first-order chi connectivity index (χ1) is 8.66. The second kappa shape index (κ2) is 4.72. The summed E-state index contributed by atoms with van der Waals surface area (Å²) in [6.45, 7) is 0. The van der Waals surface area contributed by atoms with Crippen LogP contribution < -0.4 is 0 Å². The fourth-order valence-electron chi connectivity index (χ4n) is 2.91. The van der Waals surface area contributed by atoms with Crippen molar-refractivity contribution in [3.8, 4) is 0 Å². The van der Waals surface area contributed by atoms with Crippen molar-refractivity contribution in [2.45, 2.75) is 50.6 Å². The summed E-state index contributed by atoms with van der Waals surface area (Å²) < 4.78 is 3.16. The topological polar surface area (TPSA) is 25.2 Å². The van der Waals surface area contributed by atoms with Crippen LogP contribution in [-0.4, -0.2) is 28.5 Å². The van der Waals surface area contributed by atoms with Gasteiger partial charge in [-0.2, -0.15) is 0 Å². The Morgan fingerprint density at radius 1 is 1.33 bits per heavy atom. The molecule has 4 heteroatoms. The lowest BCUT2D eigenvalue weighted by atomic mass is 10.2. The number of hydrogen-bond acceptors (Lipinski definition) is 1. The largest absolute Gasteiger partial charge is 0.339 e. The first kappa shape index (κ1) is 12.3. The lowest BCUT2D eigenvalue weighted by Crippen LogP contribution is -2.36. The predicted molar refractivity (Wildman–Crippen MR) is 74.8 cm³/mol. The average Bonchev–Trinajstić information content (AvgIpc) is 2.91. The minimum Gasteiger partial charge on any atom is -0.339 e. The normalized spacial score (nSPS) is 20.3. The van der Waals surface area contributed by atoms with E-state index in [1.54, 1.807) is 0 Å². The zero-order valence-corrected chi connectivity index (χ0v) is 12.3. The minimum atomic E-state index is 0.180. The zero-order valence-electron chi connectivity index (χ0n) is 10.7. The third-order valence-corrected chi connectivity index (χ3v) is 4.60. The van der Waals surface area contributed by atoms with Gasteiger partial charge in [0.25, 0.3) is 5.91 Å². The fraction of sp³-hybridized carbons (Fsp3) is 0.643. The molecule has 1 aromatic heterocycles. The number of amides is 1. The van der Waals surface area contributed by atoms with Crippen molar-refractivity contribution in [2.75, 3.05) is 7.05 Å². The van der Waals surface area contributed by atoms with E-state index in [4.69, 9.17) is 0 Å². The number of rotatable bonds is 3. The Balaban J connectivity index is 1.82. The van der Waals surface area contributed by atoms with Gasteiger partial charge in [-0.05, 0) is 47.7 Å². The maximum Gasteiger partial charge on any atom is 0.270 e. The monoisotopic (exact) mass is 310 g/mol. The predicted octanol–water partition coefficient (Wildman–Crippen LogP) is 3.60. The number of carbonyl (C=O) groups excluding carboxylic acids is 1. The highest BCUT2D eigenvalue weighted by atomic mass is 79.9. The Kier molecular flexibility index (Phi) is 3.22. The van der Waals surface area contributed by atoms with Crippen LogP contribution >= 0.6 is 15.9 Å². The average molecular weight is 311 g/mol. The standard InChI is InChI=1S/C14H19BrN2O/c1-16(11-4-2-3-5-11)14(18)13-8-10(15)9-17(13)12-6-7-12/h8-9,11-12H,2-7H2,1H3. The lowest BCUT2D eigenvalue weighted by molar-refractivity contribution is 0.0724. The number of carbonyl (C=O) groups is 1. The van der Waals surface area contributed by atoms with E-state index in [2.05, 4.69) is 20.5 Å². The molecular formula is C14H19BrN2O. The van der Waals surface area contributed by atoms with E-state index in [1.807, 2.05) is 24.2 Å². The molecule has 1 amide bonds. The van der Waals surface area contributed by atoms with E-state index < -0.39 is 0 Å². The van der Waals surface area contributed by atoms with Crippen LogP contribution in [0.5, 0.6) is 0 Å². The molecule has 98 valence electrons. The van der Waals surface area contributed by atoms with Crippen molar-refractivity contribution in [3.63, 3.8) is 0 Å². The summed E-state index contributed by atoms with van der Waals surface area (Å²) in [7, 11) is 1.95. The Labute approximate surface area is 116 Å². The van der Waals surface area contributed by atoms with Gasteiger partial charge in [0.1, 0.15) is 5.69 Å². The van der Waals surface area contributed by atoms with E-state index in [0.717, 1.165) is 23.0 Å². The summed E-state index contributed by atoms with van der Waals surface area (Å²) in [6.07, 6.45) is 9.29. The molecule has 0 bridgehead atoms. The van der Waals surface area contributed by atoms with E-state index in [1.165, 1.54) is 25.7 Å². The molecule has 0 aromatic carbocycles. The highest BCUT2D eigenvalue weighted by molar-refractivity contribution is 9.10. The Hall–Kier alpha value is -0.770. The molecular weight excluding hydrogens is 292 g/mol. The van der Waals surface area contributed by atoms with E-state index in [-0.39, 0.29) is 5.91 Å². The molecule has 18 heavy (non-hydrogen) atoms. The molecule has 1 aromatic rings. The first-order valence-corrected chi connectivity index (χ1v) is 7.60. The van der Waals surface area contributed by atoms with Gasteiger partial charge in [0.2, 0.25) is 0 Å². The molecule has 0 aliphatic heterocycles. The number of hydrogen-bond donors (Lipinski definition) is 0. The summed E-state index contributed by atoms with van der Waals surface area (Å²) >= 11 is 3.49. The Bertz CT molecular complexity index is 458. The van der Waals surface area contributed by atoms with Crippen LogP contribution in [0.1, 0.15) is 55.1 Å². The van der Waals surface area contributed by atoms with E-state index >= 15 is 0 Å². The van der Waals surface area contributed by atoms with Gasteiger partial charge >= 0.3 is 0 Å². The summed E-state index contributed by atoms with van der Waals surface area (Å²) in [5.74, 6) is 0.180. The number of nitrogens with zero attached hydrogens (tertiary/aromatic N) is 2. The van der Waals surface area contributed by atoms with Gasteiger partial charge in [0, 0.05) is 29.8 Å². The van der Waals surface area contributed by atoms with Crippen LogP contribution in [-0.2, 0) is 0 Å². The SMILES string of the molecule is CN(C(=O)c1cc(Br)cn1C1CC1)C1CCCC1. The van der Waals surface area contributed by atoms with Crippen LogP contribution in [0.15, 0.2) is 16.7 Å². The molecule has 0 radical (unpaired) electrons. The Morgan fingerprint density at radius 2 is 2.00 bits per heavy atom. The van der Waals surface area contributed by atoms with Crippen molar-refractivity contribution in [1.82, 2.24) is 9.47 Å². The summed E-state index contributed by atoms with van der Waals surface area (Å²) in [4.78, 5) is 14.5. The zero-order chi connectivity index (χ0) is 12.7. The lowest BCUT2D eigenvalue weighted by Gasteiger charge is -2.24. The Morgan fingerprint density at radius 3 is 2.61 bits per heavy atom.